The van der Waals surface area contributed by atoms with Gasteiger partial charge in [-0.25, -0.2) is 9.78 Å². The summed E-state index contributed by atoms with van der Waals surface area (Å²) in [4.78, 5) is 47.1. The number of hydrogen-bond donors (Lipinski definition) is 3. The van der Waals surface area contributed by atoms with Crippen LogP contribution < -0.4 is 11.1 Å². The van der Waals surface area contributed by atoms with Crippen molar-refractivity contribution in [3.8, 4) is 0 Å². The Hall–Kier alpha value is -4.14. The van der Waals surface area contributed by atoms with Crippen molar-refractivity contribution in [3.05, 3.63) is 90.0 Å². The van der Waals surface area contributed by atoms with Gasteiger partial charge in [0.25, 0.3) is 0 Å². The molecule has 1 aromatic heterocycles. The Morgan fingerprint density at radius 1 is 1.12 bits per heavy atom. The minimum absolute atomic E-state index is 0.0730. The van der Waals surface area contributed by atoms with Gasteiger partial charge in [0.2, 0.25) is 11.8 Å². The molecule has 0 spiro atoms. The van der Waals surface area contributed by atoms with Gasteiger partial charge in [-0.1, -0.05) is 60.7 Å². The standard InChI is InChI=1S/C25H27N5O4/c26-22(31)13-21(20-15-27-17-28-20)30-12-11-25(23(30)32,14-18-7-3-1-4-8-18)29-24(33)34-16-19-9-5-2-6-10-19/h1-10,15,17,21H,11-14,16H2,(H2,26,31)(H,27,28)(H,29,33). The molecule has 1 aliphatic rings. The zero-order chi connectivity index (χ0) is 24.0. The quantitative estimate of drug-likeness (QED) is 0.451. The number of hydrogen-bond acceptors (Lipinski definition) is 5. The van der Waals surface area contributed by atoms with Crippen LogP contribution >= 0.6 is 0 Å². The highest BCUT2D eigenvalue weighted by molar-refractivity contribution is 5.93. The summed E-state index contributed by atoms with van der Waals surface area (Å²) < 4.78 is 5.42. The summed E-state index contributed by atoms with van der Waals surface area (Å²) in [6.45, 7) is 0.416. The molecule has 3 amide bonds. The molecule has 2 atom stereocenters. The zero-order valence-electron chi connectivity index (χ0n) is 18.6. The van der Waals surface area contributed by atoms with Gasteiger partial charge in [-0.3, -0.25) is 9.59 Å². The number of amides is 3. The number of carbonyl (C=O) groups is 3. The van der Waals surface area contributed by atoms with Crippen molar-refractivity contribution >= 4 is 17.9 Å². The minimum Gasteiger partial charge on any atom is -0.445 e. The zero-order valence-corrected chi connectivity index (χ0v) is 18.6. The van der Waals surface area contributed by atoms with Gasteiger partial charge in [0.15, 0.2) is 0 Å². The fraction of sp³-hybridized carbons (Fsp3) is 0.280. The molecule has 3 aromatic rings. The van der Waals surface area contributed by atoms with Crippen LogP contribution in [-0.2, 0) is 27.4 Å². The van der Waals surface area contributed by atoms with Crippen molar-refractivity contribution in [2.24, 2.45) is 5.73 Å². The van der Waals surface area contributed by atoms with E-state index in [0.717, 1.165) is 11.1 Å². The lowest BCUT2D eigenvalue weighted by Crippen LogP contribution is -2.56. The molecule has 2 unspecified atom stereocenters. The lowest BCUT2D eigenvalue weighted by Gasteiger charge is -2.31. The third-order valence-electron chi connectivity index (χ3n) is 5.98. The first-order valence-corrected chi connectivity index (χ1v) is 11.1. The summed E-state index contributed by atoms with van der Waals surface area (Å²) >= 11 is 0. The number of nitrogens with two attached hydrogens (primary N) is 1. The maximum atomic E-state index is 13.8. The highest BCUT2D eigenvalue weighted by Gasteiger charge is 2.50. The average molecular weight is 462 g/mol. The van der Waals surface area contributed by atoms with Crippen LogP contribution in [0.3, 0.4) is 0 Å². The van der Waals surface area contributed by atoms with Crippen LogP contribution in [0.15, 0.2) is 73.2 Å². The summed E-state index contributed by atoms with van der Waals surface area (Å²) in [6, 6.07) is 18.2. The van der Waals surface area contributed by atoms with Gasteiger partial charge in [0.05, 0.1) is 24.5 Å². The van der Waals surface area contributed by atoms with Crippen LogP contribution in [0.2, 0.25) is 0 Å². The van der Waals surface area contributed by atoms with Gasteiger partial charge < -0.3 is 25.7 Å². The maximum Gasteiger partial charge on any atom is 0.408 e. The fourth-order valence-corrected chi connectivity index (χ4v) is 4.33. The van der Waals surface area contributed by atoms with Gasteiger partial charge in [-0.15, -0.1) is 0 Å². The smallest absolute Gasteiger partial charge is 0.408 e. The number of rotatable bonds is 9. The normalized spacial score (nSPS) is 18.5. The first-order chi connectivity index (χ1) is 16.5. The molecule has 0 saturated carbocycles. The molecular weight excluding hydrogens is 434 g/mol. The molecule has 9 heteroatoms. The van der Waals surface area contributed by atoms with Crippen LogP contribution in [-0.4, -0.2) is 44.9 Å². The summed E-state index contributed by atoms with van der Waals surface area (Å²) in [5.74, 6) is -0.848. The molecule has 34 heavy (non-hydrogen) atoms. The minimum atomic E-state index is -1.22. The Morgan fingerprint density at radius 2 is 1.79 bits per heavy atom. The second-order valence-corrected chi connectivity index (χ2v) is 8.36. The largest absolute Gasteiger partial charge is 0.445 e. The molecule has 4 N–H and O–H groups in total. The number of nitrogens with zero attached hydrogens (tertiary/aromatic N) is 2. The summed E-state index contributed by atoms with van der Waals surface area (Å²) in [5.41, 5.74) is 6.53. The van der Waals surface area contributed by atoms with Crippen LogP contribution in [0.4, 0.5) is 4.79 Å². The molecule has 2 aromatic carbocycles. The van der Waals surface area contributed by atoms with Gasteiger partial charge in [-0.2, -0.15) is 0 Å². The number of likely N-dealkylation sites (tertiary alicyclic amines) is 1. The molecule has 4 rings (SSSR count). The van der Waals surface area contributed by atoms with E-state index in [9.17, 15) is 14.4 Å². The van der Waals surface area contributed by atoms with E-state index in [2.05, 4.69) is 15.3 Å². The lowest BCUT2D eigenvalue weighted by molar-refractivity contribution is -0.136. The molecule has 2 heterocycles. The first kappa shape index (κ1) is 23.0. The third-order valence-corrected chi connectivity index (χ3v) is 5.98. The van der Waals surface area contributed by atoms with Crippen LogP contribution in [0.1, 0.15) is 35.7 Å². The Balaban J connectivity index is 1.57. The number of imidazole rings is 1. The lowest BCUT2D eigenvalue weighted by atomic mass is 9.89. The number of alkyl carbamates (subject to hydrolysis) is 1. The van der Waals surface area contributed by atoms with E-state index < -0.39 is 23.6 Å². The molecule has 9 nitrogen and oxygen atoms in total. The molecule has 176 valence electrons. The van der Waals surface area contributed by atoms with Crippen molar-refractivity contribution in [3.63, 3.8) is 0 Å². The van der Waals surface area contributed by atoms with Crippen molar-refractivity contribution in [1.82, 2.24) is 20.2 Å². The van der Waals surface area contributed by atoms with E-state index >= 15 is 0 Å². The first-order valence-electron chi connectivity index (χ1n) is 11.1. The number of nitrogens with one attached hydrogen (secondary N) is 2. The highest BCUT2D eigenvalue weighted by atomic mass is 16.5. The number of carbonyl (C=O) groups excluding carboxylic acids is 3. The van der Waals surface area contributed by atoms with E-state index in [1.807, 2.05) is 60.7 Å². The van der Waals surface area contributed by atoms with Crippen molar-refractivity contribution in [2.45, 2.75) is 37.5 Å². The number of H-pyrrole nitrogens is 1. The molecule has 1 aliphatic heterocycles. The maximum absolute atomic E-state index is 13.8. The second kappa shape index (κ2) is 10.2. The predicted molar refractivity (Wildman–Crippen MR) is 124 cm³/mol. The number of aromatic nitrogens is 2. The van der Waals surface area contributed by atoms with Gasteiger partial charge in [-0.05, 0) is 17.5 Å². The van der Waals surface area contributed by atoms with E-state index in [1.165, 1.54) is 6.33 Å². The molecule has 0 bridgehead atoms. The van der Waals surface area contributed by atoms with Crippen molar-refractivity contribution in [1.29, 1.82) is 0 Å². The van der Waals surface area contributed by atoms with E-state index in [1.54, 1.807) is 11.1 Å². The predicted octanol–water partition coefficient (Wildman–Crippen LogP) is 2.47. The average Bonchev–Trinajstić information content (AvgIpc) is 3.47. The highest BCUT2D eigenvalue weighted by Crippen LogP contribution is 2.34. The molecular formula is C25H27N5O4. The molecule has 0 aliphatic carbocycles. The molecule has 1 fully saturated rings. The Bertz CT molecular complexity index is 1120. The third kappa shape index (κ3) is 5.25. The Morgan fingerprint density at radius 3 is 2.41 bits per heavy atom. The number of benzene rings is 2. The monoisotopic (exact) mass is 461 g/mol. The van der Waals surface area contributed by atoms with E-state index in [4.69, 9.17) is 10.5 Å². The van der Waals surface area contributed by atoms with Crippen LogP contribution in [0.5, 0.6) is 0 Å². The SMILES string of the molecule is NC(=O)CC(c1c[nH]cn1)N1CCC(Cc2ccccc2)(NC(=O)OCc2ccccc2)C1=O. The number of ether oxygens (including phenoxy) is 1. The summed E-state index contributed by atoms with van der Waals surface area (Å²) in [5, 5.41) is 2.85. The van der Waals surface area contributed by atoms with Crippen molar-refractivity contribution in [2.75, 3.05) is 6.54 Å². The number of aromatic amines is 1. The topological polar surface area (TPSA) is 130 Å². The van der Waals surface area contributed by atoms with E-state index in [-0.39, 0.29) is 25.4 Å². The van der Waals surface area contributed by atoms with Crippen molar-refractivity contribution < 1.29 is 19.1 Å². The van der Waals surface area contributed by atoms with Crippen LogP contribution in [0, 0.1) is 0 Å². The second-order valence-electron chi connectivity index (χ2n) is 8.36. The Labute approximate surface area is 197 Å². The fourth-order valence-electron chi connectivity index (χ4n) is 4.33. The summed E-state index contributed by atoms with van der Waals surface area (Å²) in [6.07, 6.45) is 3.01. The summed E-state index contributed by atoms with van der Waals surface area (Å²) in [7, 11) is 0. The van der Waals surface area contributed by atoms with Crippen LogP contribution in [0.25, 0.3) is 0 Å². The van der Waals surface area contributed by atoms with E-state index in [0.29, 0.717) is 18.7 Å². The Kier molecular flexibility index (Phi) is 6.91. The van der Waals surface area contributed by atoms with Gasteiger partial charge in [0, 0.05) is 19.2 Å². The van der Waals surface area contributed by atoms with Gasteiger partial charge >= 0.3 is 6.09 Å². The van der Waals surface area contributed by atoms with Gasteiger partial charge in [0.1, 0.15) is 12.1 Å². The molecule has 0 radical (unpaired) electrons. The molecule has 1 saturated heterocycles. The number of primary amides is 1.